The van der Waals surface area contributed by atoms with Gasteiger partial charge in [-0.05, 0) is 40.0 Å². The Morgan fingerprint density at radius 1 is 0.970 bits per heavy atom. The van der Waals surface area contributed by atoms with Crippen LogP contribution in [0.4, 0.5) is 10.5 Å². The second kappa shape index (κ2) is 12.7. The van der Waals surface area contributed by atoms with Crippen LogP contribution in [-0.2, 0) is 16.1 Å². The van der Waals surface area contributed by atoms with Gasteiger partial charge in [0.05, 0.1) is 15.7 Å². The summed E-state index contributed by atoms with van der Waals surface area (Å²) in [6, 6.07) is 14.5. The largest absolute Gasteiger partial charge is 0.444 e. The van der Waals surface area contributed by atoms with Crippen molar-refractivity contribution in [3.63, 3.8) is 0 Å². The van der Waals surface area contributed by atoms with Gasteiger partial charge in [0.15, 0.2) is 11.6 Å². The van der Waals surface area contributed by atoms with Crippen LogP contribution in [-0.4, -0.2) is 22.0 Å². The van der Waals surface area contributed by atoms with Gasteiger partial charge in [0.25, 0.3) is 0 Å². The van der Waals surface area contributed by atoms with Gasteiger partial charge in [0.2, 0.25) is 0 Å². The zero-order valence-corrected chi connectivity index (χ0v) is 20.0. The van der Waals surface area contributed by atoms with Crippen molar-refractivity contribution >= 4 is 33.7 Å². The van der Waals surface area contributed by atoms with Gasteiger partial charge >= 0.3 is 12.1 Å². The van der Waals surface area contributed by atoms with E-state index >= 15 is 0 Å². The van der Waals surface area contributed by atoms with Crippen molar-refractivity contribution in [1.29, 1.82) is 0 Å². The first kappa shape index (κ1) is 24.4. The molecular weight excluding hydrogens is 486 g/mol. The summed E-state index contributed by atoms with van der Waals surface area (Å²) in [6.45, 7) is 2.23. The van der Waals surface area contributed by atoms with Gasteiger partial charge in [-0.15, -0.1) is 0 Å². The van der Waals surface area contributed by atoms with Crippen molar-refractivity contribution in [1.82, 2.24) is 9.97 Å². The van der Waals surface area contributed by atoms with Crippen LogP contribution < -0.4 is 10.1 Å². The quantitative estimate of drug-likeness (QED) is 0.189. The zero-order valence-electron chi connectivity index (χ0n) is 18.4. The van der Waals surface area contributed by atoms with Crippen molar-refractivity contribution in [2.24, 2.45) is 0 Å². The first-order valence-electron chi connectivity index (χ1n) is 10.9. The molecule has 2 aromatic carbocycles. The number of unbranched alkanes of at least 4 members (excludes halogenated alkanes) is 3. The SMILES string of the molecule is CCCCCCC(=O)Oc1c(NC(=O)OCc2ccccc2)cccc1-c1ncc(Br)cn1. The van der Waals surface area contributed by atoms with Gasteiger partial charge in [-0.2, -0.15) is 0 Å². The Morgan fingerprint density at radius 2 is 1.73 bits per heavy atom. The van der Waals surface area contributed by atoms with Crippen LogP contribution >= 0.6 is 15.9 Å². The smallest absolute Gasteiger partial charge is 0.412 e. The summed E-state index contributed by atoms with van der Waals surface area (Å²) in [5, 5.41) is 2.68. The Morgan fingerprint density at radius 3 is 2.45 bits per heavy atom. The number of aromatic nitrogens is 2. The second-order valence-corrected chi connectivity index (χ2v) is 8.29. The van der Waals surface area contributed by atoms with Gasteiger partial charge < -0.3 is 9.47 Å². The predicted octanol–water partition coefficient (Wildman–Crippen LogP) is 6.53. The molecule has 33 heavy (non-hydrogen) atoms. The number of esters is 1. The maximum absolute atomic E-state index is 12.5. The fourth-order valence-electron chi connectivity index (χ4n) is 3.10. The van der Waals surface area contributed by atoms with Crippen molar-refractivity contribution in [2.75, 3.05) is 5.32 Å². The summed E-state index contributed by atoms with van der Waals surface area (Å²) in [5.41, 5.74) is 1.66. The van der Waals surface area contributed by atoms with Crippen molar-refractivity contribution in [3.05, 3.63) is 71.0 Å². The zero-order chi connectivity index (χ0) is 23.5. The van der Waals surface area contributed by atoms with Gasteiger partial charge in [0, 0.05) is 18.8 Å². The number of rotatable bonds is 10. The molecule has 172 valence electrons. The second-order valence-electron chi connectivity index (χ2n) is 7.38. The maximum atomic E-state index is 12.5. The van der Waals surface area contributed by atoms with E-state index in [2.05, 4.69) is 38.1 Å². The fraction of sp³-hybridized carbons (Fsp3) is 0.280. The number of nitrogens with one attached hydrogen (secondary N) is 1. The molecule has 0 aliphatic carbocycles. The molecule has 1 heterocycles. The van der Waals surface area contributed by atoms with Crippen molar-refractivity contribution in [3.8, 4) is 17.1 Å². The van der Waals surface area contributed by atoms with Gasteiger partial charge in [-0.25, -0.2) is 14.8 Å². The summed E-state index contributed by atoms with van der Waals surface area (Å²) in [6.07, 6.45) is 6.68. The lowest BCUT2D eigenvalue weighted by atomic mass is 10.1. The number of benzene rings is 2. The van der Waals surface area contributed by atoms with Gasteiger partial charge in [0.1, 0.15) is 6.61 Å². The van der Waals surface area contributed by atoms with Gasteiger partial charge in [-0.3, -0.25) is 10.1 Å². The summed E-state index contributed by atoms with van der Waals surface area (Å²) in [7, 11) is 0. The van der Waals surface area contributed by atoms with E-state index in [0.717, 1.165) is 35.7 Å². The highest BCUT2D eigenvalue weighted by molar-refractivity contribution is 9.10. The summed E-state index contributed by atoms with van der Waals surface area (Å²) < 4.78 is 11.7. The predicted molar refractivity (Wildman–Crippen MR) is 130 cm³/mol. The summed E-state index contributed by atoms with van der Waals surface area (Å²) in [5.74, 6) is 0.182. The van der Waals surface area contributed by atoms with Crippen molar-refractivity contribution in [2.45, 2.75) is 45.6 Å². The summed E-state index contributed by atoms with van der Waals surface area (Å²) >= 11 is 3.32. The minimum atomic E-state index is -0.659. The Bertz CT molecular complexity index is 1060. The Hall–Kier alpha value is -3.26. The third-order valence-electron chi connectivity index (χ3n) is 4.78. The van der Waals surface area contributed by atoms with Crippen LogP contribution in [0.25, 0.3) is 11.4 Å². The molecule has 0 saturated heterocycles. The molecular formula is C25H26BrN3O4. The molecule has 0 saturated carbocycles. The number of halogens is 1. The first-order valence-corrected chi connectivity index (χ1v) is 11.7. The van der Waals surface area contributed by atoms with Crippen LogP contribution in [0.1, 0.15) is 44.6 Å². The molecule has 0 atom stereocenters. The van der Waals surface area contributed by atoms with E-state index in [1.807, 2.05) is 30.3 Å². The number of ether oxygens (including phenoxy) is 2. The number of amides is 1. The third-order valence-corrected chi connectivity index (χ3v) is 5.19. The summed E-state index contributed by atoms with van der Waals surface area (Å²) in [4.78, 5) is 33.6. The fourth-order valence-corrected chi connectivity index (χ4v) is 3.31. The highest BCUT2D eigenvalue weighted by Crippen LogP contribution is 2.36. The number of carbonyl (C=O) groups excluding carboxylic acids is 2. The molecule has 0 fully saturated rings. The van der Waals surface area contributed by atoms with Crippen LogP contribution in [0.2, 0.25) is 0 Å². The first-order chi connectivity index (χ1) is 16.1. The average molecular weight is 512 g/mol. The molecule has 7 nitrogen and oxygen atoms in total. The average Bonchev–Trinajstić information content (AvgIpc) is 2.83. The normalized spacial score (nSPS) is 10.5. The van der Waals surface area contributed by atoms with E-state index in [9.17, 15) is 9.59 Å². The third kappa shape index (κ3) is 7.68. The monoisotopic (exact) mass is 511 g/mol. The Labute approximate surface area is 201 Å². The molecule has 3 rings (SSSR count). The molecule has 1 aromatic heterocycles. The maximum Gasteiger partial charge on any atom is 0.412 e. The molecule has 0 bridgehead atoms. The van der Waals surface area contributed by atoms with E-state index in [1.54, 1.807) is 30.6 Å². The van der Waals surface area contributed by atoms with Crippen LogP contribution in [0, 0.1) is 0 Å². The van der Waals surface area contributed by atoms with Crippen LogP contribution in [0.5, 0.6) is 5.75 Å². The molecule has 0 aliphatic heterocycles. The minimum absolute atomic E-state index is 0.120. The molecule has 0 radical (unpaired) electrons. The molecule has 1 amide bonds. The van der Waals surface area contributed by atoms with E-state index in [1.165, 1.54) is 0 Å². The Balaban J connectivity index is 1.79. The van der Waals surface area contributed by atoms with E-state index < -0.39 is 6.09 Å². The molecule has 0 spiro atoms. The lowest BCUT2D eigenvalue weighted by molar-refractivity contribution is -0.134. The molecule has 1 N–H and O–H groups in total. The van der Waals surface area contributed by atoms with E-state index in [4.69, 9.17) is 9.47 Å². The van der Waals surface area contributed by atoms with Crippen LogP contribution in [0.3, 0.4) is 0 Å². The molecule has 0 aliphatic rings. The van der Waals surface area contributed by atoms with Crippen LogP contribution in [0.15, 0.2) is 65.4 Å². The van der Waals surface area contributed by atoms with Crippen molar-refractivity contribution < 1.29 is 19.1 Å². The number of para-hydroxylation sites is 1. The molecule has 3 aromatic rings. The molecule has 0 unspecified atom stereocenters. The molecule has 8 heteroatoms. The van der Waals surface area contributed by atoms with E-state index in [0.29, 0.717) is 17.1 Å². The number of anilines is 1. The number of nitrogens with zero attached hydrogens (tertiary/aromatic N) is 2. The highest BCUT2D eigenvalue weighted by atomic mass is 79.9. The minimum Gasteiger partial charge on any atom is -0.444 e. The Kier molecular flexibility index (Phi) is 9.38. The van der Waals surface area contributed by atoms with E-state index in [-0.39, 0.29) is 24.7 Å². The standard InChI is InChI=1S/C25H26BrN3O4/c1-2-3-4-8-14-22(30)33-23-20(24-27-15-19(26)16-28-24)12-9-13-21(23)29-25(31)32-17-18-10-6-5-7-11-18/h5-7,9-13,15-16H,2-4,8,14,17H2,1H3,(H,29,31). The lowest BCUT2D eigenvalue weighted by Crippen LogP contribution is -2.16. The lowest BCUT2D eigenvalue weighted by Gasteiger charge is -2.15. The topological polar surface area (TPSA) is 90.4 Å². The number of hydrogen-bond donors (Lipinski definition) is 1. The number of hydrogen-bond acceptors (Lipinski definition) is 6. The highest BCUT2D eigenvalue weighted by Gasteiger charge is 2.19. The number of carbonyl (C=O) groups is 2. The van der Waals surface area contributed by atoms with Gasteiger partial charge in [-0.1, -0.05) is 62.6 Å².